The molecule has 12 heteroatoms. The third kappa shape index (κ3) is 6.23. The van der Waals surface area contributed by atoms with Crippen molar-refractivity contribution in [2.24, 2.45) is 5.92 Å². The van der Waals surface area contributed by atoms with E-state index in [9.17, 15) is 18.0 Å². The number of fused-ring (bicyclic) bond motifs is 1. The molecule has 0 saturated heterocycles. The van der Waals surface area contributed by atoms with Gasteiger partial charge in [-0.05, 0) is 60.4 Å². The van der Waals surface area contributed by atoms with Crippen LogP contribution in [0.3, 0.4) is 0 Å². The molecule has 1 saturated carbocycles. The minimum absolute atomic E-state index is 0.0322. The number of thiazole rings is 1. The monoisotopic (exact) mass is 580 g/mol. The molecule has 4 aromatic rings. The number of nitrogens with one attached hydrogen (secondary N) is 2. The molecular weight excluding hydrogens is 552 g/mol. The average molecular weight is 581 g/mol. The smallest absolute Gasteiger partial charge is 0.335 e. The van der Waals surface area contributed by atoms with Crippen molar-refractivity contribution >= 4 is 54.4 Å². The zero-order valence-corrected chi connectivity index (χ0v) is 23.3. The minimum atomic E-state index is -3.92. The lowest BCUT2D eigenvalue weighted by atomic mass is 9.87. The standard InChI is InChI=1S/C28H28N4O6S2/c1-38-24-15-14-23-26(30-24)39-28(29-23)31-25(33)22(16-17-4-2-3-5-17)18-8-12-21(13-9-18)40(36,37)32-20-10-6-19(7-11-20)27(34)35/h6-15,17,22,32H,2-5,16H2,1H3,(H,34,35)(H,29,31,33). The van der Waals surface area contributed by atoms with Crippen molar-refractivity contribution in [1.82, 2.24) is 9.97 Å². The molecule has 1 atom stereocenters. The number of carboxylic acids is 1. The van der Waals surface area contributed by atoms with E-state index >= 15 is 0 Å². The van der Waals surface area contributed by atoms with Crippen LogP contribution in [0, 0.1) is 5.92 Å². The number of nitrogens with zero attached hydrogens (tertiary/aromatic N) is 2. The van der Waals surface area contributed by atoms with E-state index in [2.05, 4.69) is 20.0 Å². The number of sulfonamides is 1. The molecule has 5 rings (SSSR count). The van der Waals surface area contributed by atoms with Crippen molar-refractivity contribution in [2.45, 2.75) is 42.9 Å². The summed E-state index contributed by atoms with van der Waals surface area (Å²) >= 11 is 1.27. The van der Waals surface area contributed by atoms with Gasteiger partial charge in [0, 0.05) is 11.8 Å². The van der Waals surface area contributed by atoms with Crippen LogP contribution in [-0.4, -0.2) is 42.5 Å². The highest BCUT2D eigenvalue weighted by Crippen LogP contribution is 2.36. The fraction of sp³-hybridized carbons (Fsp3) is 0.286. The molecule has 3 N–H and O–H groups in total. The van der Waals surface area contributed by atoms with E-state index in [1.165, 1.54) is 54.8 Å². The molecule has 2 aromatic carbocycles. The summed E-state index contributed by atoms with van der Waals surface area (Å²) in [6.45, 7) is 0. The van der Waals surface area contributed by atoms with Gasteiger partial charge < -0.3 is 15.2 Å². The van der Waals surface area contributed by atoms with Crippen LogP contribution in [0.4, 0.5) is 10.8 Å². The lowest BCUT2D eigenvalue weighted by Crippen LogP contribution is -2.23. The maximum Gasteiger partial charge on any atom is 0.335 e. The van der Waals surface area contributed by atoms with Gasteiger partial charge in [0.15, 0.2) is 5.13 Å². The first kappa shape index (κ1) is 27.5. The molecule has 0 bridgehead atoms. The highest BCUT2D eigenvalue weighted by atomic mass is 32.2. The van der Waals surface area contributed by atoms with Crippen LogP contribution in [0.5, 0.6) is 5.88 Å². The molecule has 1 aliphatic rings. The summed E-state index contributed by atoms with van der Waals surface area (Å²) in [5.74, 6) is -0.900. The number of hydrogen-bond donors (Lipinski definition) is 3. The van der Waals surface area contributed by atoms with Gasteiger partial charge in [0.2, 0.25) is 11.8 Å². The lowest BCUT2D eigenvalue weighted by molar-refractivity contribution is -0.118. The molecule has 0 radical (unpaired) electrons. The molecule has 0 aliphatic heterocycles. The number of pyridine rings is 1. The Bertz CT molecular complexity index is 1630. The van der Waals surface area contributed by atoms with Crippen LogP contribution in [0.2, 0.25) is 0 Å². The number of aromatic carboxylic acids is 1. The van der Waals surface area contributed by atoms with Crippen molar-refractivity contribution in [1.29, 1.82) is 0 Å². The lowest BCUT2D eigenvalue weighted by Gasteiger charge is -2.20. The maximum atomic E-state index is 13.5. The van der Waals surface area contributed by atoms with Crippen molar-refractivity contribution in [3.8, 4) is 5.88 Å². The third-order valence-electron chi connectivity index (χ3n) is 7.01. The number of hydrogen-bond acceptors (Lipinski definition) is 8. The first-order valence-electron chi connectivity index (χ1n) is 12.8. The minimum Gasteiger partial charge on any atom is -0.481 e. The Morgan fingerprint density at radius 3 is 2.38 bits per heavy atom. The van der Waals surface area contributed by atoms with Crippen molar-refractivity contribution in [3.63, 3.8) is 0 Å². The molecule has 2 aromatic heterocycles. The number of amides is 1. The van der Waals surface area contributed by atoms with Gasteiger partial charge in [0.1, 0.15) is 10.3 Å². The molecule has 40 heavy (non-hydrogen) atoms. The van der Waals surface area contributed by atoms with Gasteiger partial charge >= 0.3 is 5.97 Å². The summed E-state index contributed by atoms with van der Waals surface area (Å²) in [5, 5.41) is 12.4. The molecule has 2 heterocycles. The Labute approximate surface area is 235 Å². The van der Waals surface area contributed by atoms with Crippen molar-refractivity contribution in [3.05, 3.63) is 71.8 Å². The third-order valence-corrected chi connectivity index (χ3v) is 9.28. The quantitative estimate of drug-likeness (QED) is 0.223. The fourth-order valence-corrected chi connectivity index (χ4v) is 6.80. The van der Waals surface area contributed by atoms with E-state index in [0.29, 0.717) is 33.7 Å². The Morgan fingerprint density at radius 2 is 1.73 bits per heavy atom. The zero-order chi connectivity index (χ0) is 28.3. The number of aromatic nitrogens is 2. The molecule has 1 fully saturated rings. The number of carbonyl (C=O) groups is 2. The summed E-state index contributed by atoms with van der Waals surface area (Å²) < 4.78 is 33.6. The Balaban J connectivity index is 1.35. The second-order valence-electron chi connectivity index (χ2n) is 9.68. The van der Waals surface area contributed by atoms with Crippen LogP contribution in [-0.2, 0) is 14.8 Å². The number of carbonyl (C=O) groups excluding carboxylic acids is 1. The predicted octanol–water partition coefficient (Wildman–Crippen LogP) is 5.50. The van der Waals surface area contributed by atoms with Gasteiger partial charge in [0.05, 0.1) is 23.5 Å². The molecule has 1 aliphatic carbocycles. The van der Waals surface area contributed by atoms with Gasteiger partial charge in [0.25, 0.3) is 10.0 Å². The van der Waals surface area contributed by atoms with E-state index in [1.54, 1.807) is 24.3 Å². The second kappa shape index (κ2) is 11.6. The highest BCUT2D eigenvalue weighted by molar-refractivity contribution is 7.92. The van der Waals surface area contributed by atoms with Gasteiger partial charge in [-0.2, -0.15) is 0 Å². The van der Waals surface area contributed by atoms with E-state index in [4.69, 9.17) is 9.84 Å². The number of benzene rings is 2. The van der Waals surface area contributed by atoms with Crippen LogP contribution < -0.4 is 14.8 Å². The van der Waals surface area contributed by atoms with Crippen LogP contribution in [0.1, 0.15) is 53.9 Å². The van der Waals surface area contributed by atoms with Crippen LogP contribution in [0.15, 0.2) is 65.6 Å². The molecular formula is C28H28N4O6S2. The summed E-state index contributed by atoms with van der Waals surface area (Å²) in [6, 6.07) is 15.2. The predicted molar refractivity (Wildman–Crippen MR) is 153 cm³/mol. The van der Waals surface area contributed by atoms with E-state index in [0.717, 1.165) is 31.2 Å². The van der Waals surface area contributed by atoms with Gasteiger partial charge in [-0.3, -0.25) is 9.52 Å². The zero-order valence-electron chi connectivity index (χ0n) is 21.7. The first-order valence-corrected chi connectivity index (χ1v) is 15.1. The number of methoxy groups -OCH3 is 1. The van der Waals surface area contributed by atoms with Gasteiger partial charge in [-0.1, -0.05) is 49.2 Å². The Kier molecular flexibility index (Phi) is 7.99. The summed E-state index contributed by atoms with van der Waals surface area (Å²) in [4.78, 5) is 34.1. The van der Waals surface area contributed by atoms with Crippen molar-refractivity contribution in [2.75, 3.05) is 17.1 Å². The molecule has 0 spiro atoms. The largest absolute Gasteiger partial charge is 0.481 e. The van der Waals surface area contributed by atoms with Crippen LogP contribution >= 0.6 is 11.3 Å². The number of rotatable bonds is 10. The fourth-order valence-electron chi connectivity index (χ4n) is 4.91. The summed E-state index contributed by atoms with van der Waals surface area (Å²) in [5.41, 5.74) is 1.68. The summed E-state index contributed by atoms with van der Waals surface area (Å²) in [7, 11) is -2.39. The molecule has 10 nitrogen and oxygen atoms in total. The highest BCUT2D eigenvalue weighted by Gasteiger charge is 2.28. The van der Waals surface area contributed by atoms with Crippen LogP contribution in [0.25, 0.3) is 10.3 Å². The Morgan fingerprint density at radius 1 is 1.02 bits per heavy atom. The average Bonchev–Trinajstić information content (AvgIpc) is 3.60. The SMILES string of the molecule is COc1ccc2nc(NC(=O)C(CC3CCCC3)c3ccc(S(=O)(=O)Nc4ccc(C(=O)O)cc4)cc3)sc2n1. The van der Waals surface area contributed by atoms with Gasteiger partial charge in [-0.25, -0.2) is 23.2 Å². The second-order valence-corrected chi connectivity index (χ2v) is 12.3. The molecule has 208 valence electrons. The number of ether oxygens (including phenoxy) is 1. The normalized spacial score (nSPS) is 14.6. The maximum absolute atomic E-state index is 13.5. The van der Waals surface area contributed by atoms with Gasteiger partial charge in [-0.15, -0.1) is 0 Å². The molecule has 1 amide bonds. The molecule has 1 unspecified atom stereocenters. The number of anilines is 2. The topological polar surface area (TPSA) is 148 Å². The first-order chi connectivity index (χ1) is 19.2. The summed E-state index contributed by atoms with van der Waals surface area (Å²) in [6.07, 6.45) is 5.06. The van der Waals surface area contributed by atoms with Crippen molar-refractivity contribution < 1.29 is 27.9 Å². The van der Waals surface area contributed by atoms with E-state index < -0.39 is 21.9 Å². The Hall–Kier alpha value is -4.03. The van der Waals surface area contributed by atoms with E-state index in [-0.39, 0.29) is 22.1 Å². The number of carboxylic acid groups (broad SMARTS) is 1. The van der Waals surface area contributed by atoms with E-state index in [1.807, 2.05) is 0 Å².